The molecule has 0 fully saturated rings. The van der Waals surface area contributed by atoms with Gasteiger partial charge in [0, 0.05) is 34.2 Å². The summed E-state index contributed by atoms with van der Waals surface area (Å²) >= 11 is 5.07. The van der Waals surface area contributed by atoms with Crippen molar-refractivity contribution in [2.75, 3.05) is 6.61 Å². The number of alkyl carbamates (subject to hydrolysis) is 1. The monoisotopic (exact) mass is 499 g/mol. The van der Waals surface area contributed by atoms with Gasteiger partial charge in [0.05, 0.1) is 0 Å². The van der Waals surface area contributed by atoms with Crippen LogP contribution >= 0.6 is 27.3 Å². The number of carbonyl (C=O) groups is 2. The van der Waals surface area contributed by atoms with Crippen molar-refractivity contribution in [1.29, 1.82) is 0 Å². The Labute approximate surface area is 193 Å². The molecule has 1 unspecified atom stereocenters. The molecule has 0 radical (unpaired) electrons. The summed E-state index contributed by atoms with van der Waals surface area (Å²) in [5.74, 6) is -0.897. The lowest BCUT2D eigenvalue weighted by molar-refractivity contribution is -0.137. The van der Waals surface area contributed by atoms with E-state index in [1.165, 1.54) is 11.1 Å². The zero-order valence-electron chi connectivity index (χ0n) is 16.7. The zero-order valence-corrected chi connectivity index (χ0v) is 19.1. The summed E-state index contributed by atoms with van der Waals surface area (Å²) < 4.78 is 6.59. The SMILES string of the molecule is O=C(O)CCC(Cc1sccc1Br)NC(=O)OCC1c2ccccc2-c2ccccc21. The van der Waals surface area contributed by atoms with E-state index >= 15 is 0 Å². The van der Waals surface area contributed by atoms with E-state index in [0.717, 1.165) is 20.5 Å². The highest BCUT2D eigenvalue weighted by Crippen LogP contribution is 2.44. The summed E-state index contributed by atoms with van der Waals surface area (Å²) in [6.45, 7) is 0.230. The average molecular weight is 500 g/mol. The second kappa shape index (κ2) is 9.66. The van der Waals surface area contributed by atoms with Crippen molar-refractivity contribution >= 4 is 39.3 Å². The van der Waals surface area contributed by atoms with Crippen molar-refractivity contribution in [1.82, 2.24) is 5.32 Å². The highest BCUT2D eigenvalue weighted by Gasteiger charge is 2.29. The van der Waals surface area contributed by atoms with Gasteiger partial charge in [-0.15, -0.1) is 11.3 Å². The van der Waals surface area contributed by atoms with Crippen LogP contribution in [-0.2, 0) is 16.0 Å². The average Bonchev–Trinajstić information content (AvgIpc) is 3.31. The Morgan fingerprint density at radius 1 is 1.06 bits per heavy atom. The minimum absolute atomic E-state index is 0.0120. The van der Waals surface area contributed by atoms with Gasteiger partial charge < -0.3 is 15.2 Å². The molecule has 1 amide bonds. The third kappa shape index (κ3) is 4.99. The summed E-state index contributed by atoms with van der Waals surface area (Å²) in [6, 6.07) is 18.0. The first-order valence-corrected chi connectivity index (χ1v) is 11.8. The second-order valence-electron chi connectivity index (χ2n) is 7.50. The van der Waals surface area contributed by atoms with E-state index in [-0.39, 0.29) is 25.0 Å². The predicted molar refractivity (Wildman–Crippen MR) is 125 cm³/mol. The fourth-order valence-corrected chi connectivity index (χ4v) is 5.62. The number of hydrogen-bond acceptors (Lipinski definition) is 4. The minimum atomic E-state index is -0.885. The molecule has 160 valence electrons. The number of benzene rings is 2. The number of ether oxygens (including phenoxy) is 1. The molecule has 1 aliphatic carbocycles. The number of halogens is 1. The van der Waals surface area contributed by atoms with Crippen LogP contribution in [0.2, 0.25) is 0 Å². The molecule has 2 N–H and O–H groups in total. The topological polar surface area (TPSA) is 75.6 Å². The number of carboxylic acid groups (broad SMARTS) is 1. The Morgan fingerprint density at radius 3 is 2.29 bits per heavy atom. The van der Waals surface area contributed by atoms with Crippen molar-refractivity contribution in [2.24, 2.45) is 0 Å². The standard InChI is InChI=1S/C24H22BrNO4S/c25-21-11-12-31-22(21)13-15(9-10-23(27)28)26-24(29)30-14-20-18-7-3-1-5-16(18)17-6-2-4-8-19(17)20/h1-8,11-12,15,20H,9-10,13-14H2,(H,26,29)(H,27,28). The molecule has 31 heavy (non-hydrogen) atoms. The van der Waals surface area contributed by atoms with Gasteiger partial charge in [-0.25, -0.2) is 4.79 Å². The number of thiophene rings is 1. The molecular formula is C24H22BrNO4S. The highest BCUT2D eigenvalue weighted by atomic mass is 79.9. The molecule has 3 aromatic rings. The molecule has 0 spiro atoms. The van der Waals surface area contributed by atoms with E-state index in [4.69, 9.17) is 9.84 Å². The molecule has 5 nitrogen and oxygen atoms in total. The van der Waals surface area contributed by atoms with Gasteiger partial charge in [0.15, 0.2) is 0 Å². The quantitative estimate of drug-likeness (QED) is 0.409. The van der Waals surface area contributed by atoms with Crippen LogP contribution in [0.5, 0.6) is 0 Å². The van der Waals surface area contributed by atoms with Crippen molar-refractivity contribution in [3.8, 4) is 11.1 Å². The number of rotatable bonds is 8. The summed E-state index contributed by atoms with van der Waals surface area (Å²) in [7, 11) is 0. The first-order valence-electron chi connectivity index (χ1n) is 10.1. The van der Waals surface area contributed by atoms with Crippen LogP contribution in [0.25, 0.3) is 11.1 Å². The van der Waals surface area contributed by atoms with Crippen molar-refractivity contribution in [3.05, 3.63) is 80.5 Å². The number of aliphatic carboxylic acids is 1. The van der Waals surface area contributed by atoms with Gasteiger partial charge in [0.25, 0.3) is 0 Å². The summed E-state index contributed by atoms with van der Waals surface area (Å²) in [5, 5.41) is 13.9. The van der Waals surface area contributed by atoms with Crippen LogP contribution in [0.4, 0.5) is 4.79 Å². The number of hydrogen-bond donors (Lipinski definition) is 2. The number of amides is 1. The van der Waals surface area contributed by atoms with Gasteiger partial charge in [0.1, 0.15) is 6.61 Å². The Balaban J connectivity index is 1.42. The van der Waals surface area contributed by atoms with Crippen LogP contribution in [0.15, 0.2) is 64.5 Å². The van der Waals surface area contributed by atoms with Gasteiger partial charge in [-0.2, -0.15) is 0 Å². The third-order valence-corrected chi connectivity index (χ3v) is 7.44. The molecule has 7 heteroatoms. The number of carboxylic acids is 1. The van der Waals surface area contributed by atoms with E-state index in [1.54, 1.807) is 11.3 Å². The molecule has 0 saturated heterocycles. The van der Waals surface area contributed by atoms with Gasteiger partial charge >= 0.3 is 12.1 Å². The van der Waals surface area contributed by atoms with Crippen LogP contribution in [0.3, 0.4) is 0 Å². The van der Waals surface area contributed by atoms with Gasteiger partial charge in [-0.1, -0.05) is 48.5 Å². The maximum Gasteiger partial charge on any atom is 0.407 e. The third-order valence-electron chi connectivity index (χ3n) is 5.50. The number of carbonyl (C=O) groups excluding carboxylic acids is 1. The van der Waals surface area contributed by atoms with Gasteiger partial charge in [-0.3, -0.25) is 4.79 Å². The Hall–Kier alpha value is -2.64. The van der Waals surface area contributed by atoms with Crippen molar-refractivity contribution in [3.63, 3.8) is 0 Å². The molecule has 1 atom stereocenters. The van der Waals surface area contributed by atoms with Crippen LogP contribution < -0.4 is 5.32 Å². The van der Waals surface area contributed by atoms with E-state index < -0.39 is 12.1 Å². The zero-order chi connectivity index (χ0) is 21.8. The number of fused-ring (bicyclic) bond motifs is 3. The first kappa shape index (κ1) is 21.6. The lowest BCUT2D eigenvalue weighted by atomic mass is 9.98. The second-order valence-corrected chi connectivity index (χ2v) is 9.35. The van der Waals surface area contributed by atoms with E-state index in [1.807, 2.05) is 35.7 Å². The molecule has 0 bridgehead atoms. The molecule has 1 heterocycles. The fourth-order valence-electron chi connectivity index (χ4n) is 4.02. The molecule has 1 aromatic heterocycles. The molecule has 2 aromatic carbocycles. The smallest absolute Gasteiger partial charge is 0.407 e. The van der Waals surface area contributed by atoms with Crippen LogP contribution in [0.1, 0.15) is 34.8 Å². The summed E-state index contributed by atoms with van der Waals surface area (Å²) in [5.41, 5.74) is 4.66. The lowest BCUT2D eigenvalue weighted by Crippen LogP contribution is -2.37. The lowest BCUT2D eigenvalue weighted by Gasteiger charge is -2.19. The molecule has 0 saturated carbocycles. The van der Waals surface area contributed by atoms with E-state index in [2.05, 4.69) is 45.5 Å². The highest BCUT2D eigenvalue weighted by molar-refractivity contribution is 9.10. The maximum atomic E-state index is 12.6. The fraction of sp³-hybridized carbons (Fsp3) is 0.250. The van der Waals surface area contributed by atoms with E-state index in [9.17, 15) is 9.59 Å². The predicted octanol–water partition coefficient (Wildman–Crippen LogP) is 5.83. The number of nitrogens with one attached hydrogen (secondary N) is 1. The normalized spacial score (nSPS) is 13.3. The maximum absolute atomic E-state index is 12.6. The first-order chi connectivity index (χ1) is 15.0. The Kier molecular flexibility index (Phi) is 6.73. The summed E-state index contributed by atoms with van der Waals surface area (Å²) in [6.07, 6.45) is 0.349. The van der Waals surface area contributed by atoms with Crippen LogP contribution in [0, 0.1) is 0 Å². The van der Waals surface area contributed by atoms with Crippen molar-refractivity contribution < 1.29 is 19.4 Å². The van der Waals surface area contributed by atoms with Crippen molar-refractivity contribution in [2.45, 2.75) is 31.2 Å². The summed E-state index contributed by atoms with van der Waals surface area (Å²) in [4.78, 5) is 24.7. The molecular weight excluding hydrogens is 478 g/mol. The van der Waals surface area contributed by atoms with Gasteiger partial charge in [-0.05, 0) is 56.1 Å². The molecule has 4 rings (SSSR count). The Bertz CT molecular complexity index is 1050. The molecule has 1 aliphatic rings. The van der Waals surface area contributed by atoms with E-state index in [0.29, 0.717) is 12.8 Å². The Morgan fingerprint density at radius 2 is 1.71 bits per heavy atom. The minimum Gasteiger partial charge on any atom is -0.481 e. The molecule has 0 aliphatic heterocycles. The largest absolute Gasteiger partial charge is 0.481 e. The van der Waals surface area contributed by atoms with Gasteiger partial charge in [0.2, 0.25) is 0 Å². The van der Waals surface area contributed by atoms with Crippen LogP contribution in [-0.4, -0.2) is 29.8 Å².